The number of hydrogen-bond acceptors (Lipinski definition) is 2. The van der Waals surface area contributed by atoms with Gasteiger partial charge in [-0.1, -0.05) is 37.3 Å². The molecule has 1 amide bonds. The maximum atomic E-state index is 12.9. The number of amides is 1. The fraction of sp³-hybridized carbons (Fsp3) is 0.238. The summed E-state index contributed by atoms with van der Waals surface area (Å²) in [5, 5.41) is 0.788. The van der Waals surface area contributed by atoms with Gasteiger partial charge in [0, 0.05) is 28.8 Å². The number of rotatable bonds is 5. The molecule has 0 aliphatic rings. The first kappa shape index (κ1) is 17.0. The quantitative estimate of drug-likeness (QED) is 0.559. The number of aromatic amines is 1. The molecule has 3 aromatic rings. The molecule has 0 fully saturated rings. The molecule has 1 aromatic heterocycles. The number of carbonyl (C=O) groups is 2. The third-order valence-corrected chi connectivity index (χ3v) is 4.53. The van der Waals surface area contributed by atoms with Crippen molar-refractivity contribution in [3.63, 3.8) is 0 Å². The number of likely N-dealkylation sites (N-methyl/N-ethyl adjacent to an activating group) is 1. The van der Waals surface area contributed by atoms with Gasteiger partial charge in [-0.05, 0) is 44.0 Å². The van der Waals surface area contributed by atoms with Gasteiger partial charge in [0.05, 0.1) is 5.56 Å². The zero-order chi connectivity index (χ0) is 18.0. The SMILES string of the molecule is CCc1ccc(N(CC)C(=O)C(=O)c2c(C)[nH]c3ccccc23)cc1. The summed E-state index contributed by atoms with van der Waals surface area (Å²) in [4.78, 5) is 30.5. The molecule has 0 unspecified atom stereocenters. The molecule has 0 aliphatic carbocycles. The summed E-state index contributed by atoms with van der Waals surface area (Å²) in [5.41, 5.74) is 3.99. The summed E-state index contributed by atoms with van der Waals surface area (Å²) >= 11 is 0. The monoisotopic (exact) mass is 334 g/mol. The number of ketones is 1. The molecule has 4 nitrogen and oxygen atoms in total. The largest absolute Gasteiger partial charge is 0.358 e. The average Bonchev–Trinajstić information content (AvgIpc) is 2.97. The lowest BCUT2D eigenvalue weighted by atomic mass is 10.1. The Bertz CT molecular complexity index is 923. The van der Waals surface area contributed by atoms with Gasteiger partial charge in [0.2, 0.25) is 0 Å². The minimum Gasteiger partial charge on any atom is -0.358 e. The topological polar surface area (TPSA) is 53.2 Å². The summed E-state index contributed by atoms with van der Waals surface area (Å²) in [6, 6.07) is 15.3. The van der Waals surface area contributed by atoms with Crippen molar-refractivity contribution < 1.29 is 9.59 Å². The normalized spacial score (nSPS) is 10.8. The van der Waals surface area contributed by atoms with Crippen LogP contribution in [-0.4, -0.2) is 23.2 Å². The molecular formula is C21H22N2O2. The molecule has 2 aromatic carbocycles. The van der Waals surface area contributed by atoms with Gasteiger partial charge in [-0.3, -0.25) is 9.59 Å². The summed E-state index contributed by atoms with van der Waals surface area (Å²) in [6.07, 6.45) is 0.938. The van der Waals surface area contributed by atoms with E-state index in [9.17, 15) is 9.59 Å². The Morgan fingerprint density at radius 2 is 1.68 bits per heavy atom. The Morgan fingerprint density at radius 3 is 2.32 bits per heavy atom. The second-order valence-corrected chi connectivity index (χ2v) is 6.07. The molecule has 0 bridgehead atoms. The predicted molar refractivity (Wildman–Crippen MR) is 101 cm³/mol. The molecule has 0 spiro atoms. The van der Waals surface area contributed by atoms with Crippen LogP contribution in [0.1, 0.15) is 35.5 Å². The van der Waals surface area contributed by atoms with Gasteiger partial charge in [0.15, 0.2) is 0 Å². The Kier molecular flexibility index (Phi) is 4.70. The van der Waals surface area contributed by atoms with Gasteiger partial charge in [-0.2, -0.15) is 0 Å². The smallest absolute Gasteiger partial charge is 0.299 e. The van der Waals surface area contributed by atoms with Crippen molar-refractivity contribution in [2.24, 2.45) is 0 Å². The van der Waals surface area contributed by atoms with E-state index in [1.54, 1.807) is 0 Å². The molecule has 0 saturated heterocycles. The first-order valence-corrected chi connectivity index (χ1v) is 8.59. The zero-order valence-electron chi connectivity index (χ0n) is 14.8. The van der Waals surface area contributed by atoms with Crippen LogP contribution in [0.25, 0.3) is 10.9 Å². The fourth-order valence-corrected chi connectivity index (χ4v) is 3.15. The lowest BCUT2D eigenvalue weighted by Gasteiger charge is -2.20. The number of anilines is 1. The van der Waals surface area contributed by atoms with Crippen molar-refractivity contribution in [2.75, 3.05) is 11.4 Å². The Labute approximate surface area is 147 Å². The number of aromatic nitrogens is 1. The number of hydrogen-bond donors (Lipinski definition) is 1. The molecule has 0 radical (unpaired) electrons. The number of para-hydroxylation sites is 1. The summed E-state index contributed by atoms with van der Waals surface area (Å²) in [5.74, 6) is -0.976. The Morgan fingerprint density at radius 1 is 1.00 bits per heavy atom. The van der Waals surface area contributed by atoms with Crippen molar-refractivity contribution >= 4 is 28.3 Å². The van der Waals surface area contributed by atoms with Gasteiger partial charge in [0.25, 0.3) is 11.7 Å². The summed E-state index contributed by atoms with van der Waals surface area (Å²) in [7, 11) is 0. The zero-order valence-corrected chi connectivity index (χ0v) is 14.8. The van der Waals surface area contributed by atoms with Crippen molar-refractivity contribution in [3.8, 4) is 0 Å². The molecule has 1 heterocycles. The van der Waals surface area contributed by atoms with Gasteiger partial charge in [-0.15, -0.1) is 0 Å². The minimum absolute atomic E-state index is 0.442. The molecule has 4 heteroatoms. The highest BCUT2D eigenvalue weighted by Gasteiger charge is 2.27. The molecule has 0 saturated carbocycles. The van der Waals surface area contributed by atoms with E-state index in [1.807, 2.05) is 62.4 Å². The number of H-pyrrole nitrogens is 1. The van der Waals surface area contributed by atoms with E-state index in [0.29, 0.717) is 12.1 Å². The minimum atomic E-state index is -0.500. The van der Waals surface area contributed by atoms with E-state index in [-0.39, 0.29) is 0 Å². The van der Waals surface area contributed by atoms with E-state index in [2.05, 4.69) is 11.9 Å². The van der Waals surface area contributed by atoms with E-state index in [4.69, 9.17) is 0 Å². The lowest BCUT2D eigenvalue weighted by Crippen LogP contribution is -2.36. The number of nitrogens with zero attached hydrogens (tertiary/aromatic N) is 1. The van der Waals surface area contributed by atoms with E-state index < -0.39 is 11.7 Å². The summed E-state index contributed by atoms with van der Waals surface area (Å²) in [6.45, 7) is 6.23. The molecular weight excluding hydrogens is 312 g/mol. The van der Waals surface area contributed by atoms with Crippen LogP contribution in [0.2, 0.25) is 0 Å². The standard InChI is InChI=1S/C21H22N2O2/c1-4-15-10-12-16(13-11-15)23(5-2)21(25)20(24)19-14(3)22-18-9-7-6-8-17(18)19/h6-13,22H,4-5H2,1-3H3. The highest BCUT2D eigenvalue weighted by molar-refractivity contribution is 6.49. The van der Waals surface area contributed by atoms with Crippen molar-refractivity contribution in [2.45, 2.75) is 27.2 Å². The van der Waals surface area contributed by atoms with Crippen LogP contribution in [0, 0.1) is 6.92 Å². The van der Waals surface area contributed by atoms with E-state index in [0.717, 1.165) is 28.7 Å². The third kappa shape index (κ3) is 3.07. The van der Waals surface area contributed by atoms with E-state index >= 15 is 0 Å². The van der Waals surface area contributed by atoms with E-state index in [1.165, 1.54) is 10.5 Å². The van der Waals surface area contributed by atoms with Gasteiger partial charge in [-0.25, -0.2) is 0 Å². The number of aryl methyl sites for hydroxylation is 2. The molecule has 0 aliphatic heterocycles. The Balaban J connectivity index is 1.96. The molecule has 25 heavy (non-hydrogen) atoms. The maximum Gasteiger partial charge on any atom is 0.299 e. The number of benzene rings is 2. The second kappa shape index (κ2) is 6.93. The van der Waals surface area contributed by atoms with Crippen LogP contribution in [0.3, 0.4) is 0 Å². The van der Waals surface area contributed by atoms with Crippen LogP contribution < -0.4 is 4.90 Å². The van der Waals surface area contributed by atoms with Crippen LogP contribution in [0.4, 0.5) is 5.69 Å². The van der Waals surface area contributed by atoms with Gasteiger partial charge in [0.1, 0.15) is 0 Å². The molecule has 0 atom stereocenters. The number of fused-ring (bicyclic) bond motifs is 1. The van der Waals surface area contributed by atoms with Crippen molar-refractivity contribution in [1.29, 1.82) is 0 Å². The average molecular weight is 334 g/mol. The number of nitrogens with one attached hydrogen (secondary N) is 1. The van der Waals surface area contributed by atoms with Gasteiger partial charge < -0.3 is 9.88 Å². The second-order valence-electron chi connectivity index (χ2n) is 6.07. The highest BCUT2D eigenvalue weighted by atomic mass is 16.2. The Hall–Kier alpha value is -2.88. The number of Topliss-reactive ketones (excluding diaryl/α,β-unsaturated/α-hetero) is 1. The van der Waals surface area contributed by atoms with Crippen LogP contribution >= 0.6 is 0 Å². The third-order valence-electron chi connectivity index (χ3n) is 4.53. The summed E-state index contributed by atoms with van der Waals surface area (Å²) < 4.78 is 0. The van der Waals surface area contributed by atoms with Crippen LogP contribution in [0.5, 0.6) is 0 Å². The highest BCUT2D eigenvalue weighted by Crippen LogP contribution is 2.24. The fourth-order valence-electron chi connectivity index (χ4n) is 3.15. The maximum absolute atomic E-state index is 12.9. The number of carbonyl (C=O) groups excluding carboxylic acids is 2. The van der Waals surface area contributed by atoms with Crippen molar-refractivity contribution in [1.82, 2.24) is 4.98 Å². The van der Waals surface area contributed by atoms with Crippen LogP contribution in [-0.2, 0) is 11.2 Å². The lowest BCUT2D eigenvalue weighted by molar-refractivity contribution is -0.114. The van der Waals surface area contributed by atoms with Crippen molar-refractivity contribution in [3.05, 3.63) is 65.4 Å². The molecule has 1 N–H and O–H groups in total. The molecule has 3 rings (SSSR count). The predicted octanol–water partition coefficient (Wildman–Crippen LogP) is 4.27. The van der Waals surface area contributed by atoms with Crippen LogP contribution in [0.15, 0.2) is 48.5 Å². The first-order valence-electron chi connectivity index (χ1n) is 8.59. The first-order chi connectivity index (χ1) is 12.1. The van der Waals surface area contributed by atoms with Gasteiger partial charge >= 0.3 is 0 Å². The molecule has 128 valence electrons.